The lowest BCUT2D eigenvalue weighted by Gasteiger charge is -2.34. The Balaban J connectivity index is 0.000000677. The zero-order valence-electron chi connectivity index (χ0n) is 19.7. The zero-order valence-corrected chi connectivity index (χ0v) is 19.7. The van der Waals surface area contributed by atoms with E-state index < -0.39 is 30.4 Å². The number of aliphatic carboxylic acids is 1. The van der Waals surface area contributed by atoms with Crippen LogP contribution in [0.3, 0.4) is 0 Å². The van der Waals surface area contributed by atoms with Crippen molar-refractivity contribution in [3.8, 4) is 0 Å². The van der Waals surface area contributed by atoms with Crippen LogP contribution in [0.5, 0.6) is 0 Å². The van der Waals surface area contributed by atoms with Gasteiger partial charge in [-0.25, -0.2) is 0 Å². The number of aryl methyl sites for hydroxylation is 1. The van der Waals surface area contributed by atoms with Crippen molar-refractivity contribution >= 4 is 13.1 Å². The quantitative estimate of drug-likeness (QED) is 0.255. The van der Waals surface area contributed by atoms with Gasteiger partial charge in [0.1, 0.15) is 5.54 Å². The van der Waals surface area contributed by atoms with Gasteiger partial charge in [0.2, 0.25) is 0 Å². The standard InChI is InChI=1S/C14H30BNO4.C9H9F3/c1-4-12(8-7-11(2)3)14(16,13(17)18)9-5-6-10-15(19)20;1-2-7-3-5-8(6-4-7)9(10,11)12/h11-12,19-20H,4-10,16H2,1-3H3,(H,17,18);3-6H,2H2,1H3/t12-,14?;/m0./s1. The molecule has 0 saturated carbocycles. The Morgan fingerprint density at radius 2 is 1.62 bits per heavy atom. The molecule has 32 heavy (non-hydrogen) atoms. The van der Waals surface area contributed by atoms with Crippen molar-refractivity contribution in [2.24, 2.45) is 17.6 Å². The molecule has 9 heteroatoms. The molecule has 2 atom stereocenters. The third kappa shape index (κ3) is 11.3. The van der Waals surface area contributed by atoms with Gasteiger partial charge in [0.25, 0.3) is 0 Å². The summed E-state index contributed by atoms with van der Waals surface area (Å²) in [6.07, 6.45) is 0.898. The number of unbranched alkanes of at least 4 members (excludes halogenated alkanes) is 1. The number of carboxylic acid groups (broad SMARTS) is 1. The minimum absolute atomic E-state index is 0.0403. The molecule has 1 rings (SSSR count). The number of nitrogens with two attached hydrogens (primary N) is 1. The van der Waals surface area contributed by atoms with Crippen molar-refractivity contribution in [3.63, 3.8) is 0 Å². The van der Waals surface area contributed by atoms with Crippen LogP contribution in [0.4, 0.5) is 13.2 Å². The van der Waals surface area contributed by atoms with E-state index in [9.17, 15) is 23.1 Å². The molecule has 0 bridgehead atoms. The van der Waals surface area contributed by atoms with Crippen LogP contribution < -0.4 is 5.73 Å². The Morgan fingerprint density at radius 3 is 2.00 bits per heavy atom. The molecule has 5 N–H and O–H groups in total. The van der Waals surface area contributed by atoms with Crippen LogP contribution in [-0.2, 0) is 17.4 Å². The number of carbonyl (C=O) groups is 1. The molecule has 1 aromatic carbocycles. The Hall–Kier alpha value is -1.58. The van der Waals surface area contributed by atoms with Crippen molar-refractivity contribution in [1.82, 2.24) is 0 Å². The zero-order chi connectivity index (χ0) is 24.9. The van der Waals surface area contributed by atoms with Crippen molar-refractivity contribution in [2.75, 3.05) is 0 Å². The van der Waals surface area contributed by atoms with Gasteiger partial charge >= 0.3 is 19.3 Å². The molecule has 0 aliphatic carbocycles. The second-order valence-electron chi connectivity index (χ2n) is 8.70. The van der Waals surface area contributed by atoms with Gasteiger partial charge in [-0.1, -0.05) is 65.5 Å². The maximum absolute atomic E-state index is 12.0. The molecule has 1 unspecified atom stereocenters. The number of carboxylic acids is 1. The highest BCUT2D eigenvalue weighted by Gasteiger charge is 2.40. The fraction of sp³-hybridized carbons (Fsp3) is 0.696. The monoisotopic (exact) mass is 461 g/mol. The van der Waals surface area contributed by atoms with Crippen molar-refractivity contribution < 1.29 is 33.1 Å². The minimum atomic E-state index is -4.22. The van der Waals surface area contributed by atoms with Crippen LogP contribution in [0.15, 0.2) is 24.3 Å². The van der Waals surface area contributed by atoms with E-state index in [1.54, 1.807) is 0 Å². The fourth-order valence-corrected chi connectivity index (χ4v) is 3.52. The van der Waals surface area contributed by atoms with E-state index in [4.69, 9.17) is 15.8 Å². The topological polar surface area (TPSA) is 104 Å². The molecule has 0 amide bonds. The van der Waals surface area contributed by atoms with Crippen LogP contribution in [0.2, 0.25) is 6.32 Å². The van der Waals surface area contributed by atoms with Gasteiger partial charge < -0.3 is 20.9 Å². The summed E-state index contributed by atoms with van der Waals surface area (Å²) >= 11 is 0. The third-order valence-electron chi connectivity index (χ3n) is 5.70. The van der Waals surface area contributed by atoms with E-state index in [1.807, 2.05) is 13.8 Å². The van der Waals surface area contributed by atoms with Crippen molar-refractivity contribution in [3.05, 3.63) is 35.4 Å². The van der Waals surface area contributed by atoms with E-state index >= 15 is 0 Å². The van der Waals surface area contributed by atoms with Gasteiger partial charge in [-0.2, -0.15) is 13.2 Å². The molecule has 0 saturated heterocycles. The molecule has 0 aliphatic heterocycles. The average molecular weight is 461 g/mol. The Labute approximate surface area is 190 Å². The molecular formula is C23H39BF3NO4. The van der Waals surface area contributed by atoms with Crippen LogP contribution in [0, 0.1) is 11.8 Å². The van der Waals surface area contributed by atoms with E-state index in [0.717, 1.165) is 43.4 Å². The highest BCUT2D eigenvalue weighted by molar-refractivity contribution is 6.40. The SMILES string of the molecule is CC[C@@H](CCC(C)C)C(N)(CCCCB(O)O)C(=O)O.CCc1ccc(C(F)(F)F)cc1. The van der Waals surface area contributed by atoms with Crippen LogP contribution in [0.1, 0.15) is 77.3 Å². The molecule has 0 spiro atoms. The number of halogens is 3. The number of alkyl halides is 3. The van der Waals surface area contributed by atoms with Gasteiger partial charge in [-0.3, -0.25) is 4.79 Å². The first kappa shape index (κ1) is 30.4. The number of benzene rings is 1. The number of hydrogen-bond acceptors (Lipinski definition) is 4. The first-order valence-electron chi connectivity index (χ1n) is 11.3. The summed E-state index contributed by atoms with van der Waals surface area (Å²) in [6, 6.07) is 5.23. The molecule has 5 nitrogen and oxygen atoms in total. The minimum Gasteiger partial charge on any atom is -0.480 e. The fourth-order valence-electron chi connectivity index (χ4n) is 3.52. The van der Waals surface area contributed by atoms with Gasteiger partial charge in [0.05, 0.1) is 5.56 Å². The molecule has 0 aliphatic rings. The molecular weight excluding hydrogens is 422 g/mol. The van der Waals surface area contributed by atoms with E-state index in [1.165, 1.54) is 12.1 Å². The summed E-state index contributed by atoms with van der Waals surface area (Å²) in [7, 11) is -1.32. The smallest absolute Gasteiger partial charge is 0.451 e. The van der Waals surface area contributed by atoms with Gasteiger partial charge in [-0.15, -0.1) is 0 Å². The van der Waals surface area contributed by atoms with Crippen LogP contribution in [0.25, 0.3) is 0 Å². The summed E-state index contributed by atoms with van der Waals surface area (Å²) in [4.78, 5) is 11.6. The molecule has 0 heterocycles. The van der Waals surface area contributed by atoms with Gasteiger partial charge in [0, 0.05) is 0 Å². The lowest BCUT2D eigenvalue weighted by atomic mass is 9.74. The molecule has 0 radical (unpaired) electrons. The Morgan fingerprint density at radius 1 is 1.06 bits per heavy atom. The first-order chi connectivity index (χ1) is 14.8. The molecule has 0 aromatic heterocycles. The lowest BCUT2D eigenvalue weighted by molar-refractivity contribution is -0.146. The first-order valence-corrected chi connectivity index (χ1v) is 11.3. The van der Waals surface area contributed by atoms with Gasteiger partial charge in [-0.05, 0) is 55.1 Å². The highest BCUT2D eigenvalue weighted by atomic mass is 19.4. The van der Waals surface area contributed by atoms with Crippen LogP contribution >= 0.6 is 0 Å². The third-order valence-corrected chi connectivity index (χ3v) is 5.70. The summed E-state index contributed by atoms with van der Waals surface area (Å²) in [5.74, 6) is -0.453. The van der Waals surface area contributed by atoms with Crippen molar-refractivity contribution in [1.29, 1.82) is 0 Å². The Bertz CT molecular complexity index is 654. The van der Waals surface area contributed by atoms with E-state index in [2.05, 4.69) is 13.8 Å². The summed E-state index contributed by atoms with van der Waals surface area (Å²) < 4.78 is 36.1. The molecule has 184 valence electrons. The molecule has 0 fully saturated rings. The second-order valence-corrected chi connectivity index (χ2v) is 8.70. The number of hydrogen-bond donors (Lipinski definition) is 4. The summed E-state index contributed by atoms with van der Waals surface area (Å²) in [6.45, 7) is 8.12. The highest BCUT2D eigenvalue weighted by Crippen LogP contribution is 2.30. The Kier molecular flexibility index (Phi) is 13.8. The second kappa shape index (κ2) is 14.5. The maximum Gasteiger partial charge on any atom is 0.451 e. The van der Waals surface area contributed by atoms with E-state index in [0.29, 0.717) is 25.2 Å². The predicted octanol–water partition coefficient (Wildman–Crippen LogP) is 5.14. The average Bonchev–Trinajstić information content (AvgIpc) is 2.71. The molecule has 1 aromatic rings. The summed E-state index contributed by atoms with van der Waals surface area (Å²) in [5, 5.41) is 27.1. The maximum atomic E-state index is 12.0. The largest absolute Gasteiger partial charge is 0.480 e. The van der Waals surface area contributed by atoms with Crippen molar-refractivity contribution in [2.45, 2.75) is 90.7 Å². The predicted molar refractivity (Wildman–Crippen MR) is 122 cm³/mol. The summed E-state index contributed by atoms with van der Waals surface area (Å²) in [5.41, 5.74) is 5.31. The van der Waals surface area contributed by atoms with E-state index in [-0.39, 0.29) is 12.2 Å². The normalized spacial score (nSPS) is 14.3. The van der Waals surface area contributed by atoms with Gasteiger partial charge in [0.15, 0.2) is 0 Å². The van der Waals surface area contributed by atoms with Crippen LogP contribution in [-0.4, -0.2) is 33.8 Å². The number of rotatable bonds is 12. The lowest BCUT2D eigenvalue weighted by Crippen LogP contribution is -2.54.